The molecule has 0 aliphatic heterocycles. The fourth-order valence-corrected chi connectivity index (χ4v) is 1.72. The molecule has 0 saturated carbocycles. The summed E-state index contributed by atoms with van der Waals surface area (Å²) in [5, 5.41) is 0.369. The van der Waals surface area contributed by atoms with Crippen molar-refractivity contribution in [3.8, 4) is 0 Å². The Morgan fingerprint density at radius 1 is 1.25 bits per heavy atom. The van der Waals surface area contributed by atoms with E-state index in [1.54, 1.807) is 24.3 Å². The second-order valence-corrected chi connectivity index (χ2v) is 4.02. The zero-order valence-corrected chi connectivity index (χ0v) is 9.35. The van der Waals surface area contributed by atoms with Gasteiger partial charge in [0.2, 0.25) is 0 Å². The van der Waals surface area contributed by atoms with E-state index in [2.05, 4.69) is 0 Å². The predicted octanol–water partition coefficient (Wildman–Crippen LogP) is 3.41. The van der Waals surface area contributed by atoms with E-state index in [9.17, 15) is 13.2 Å². The number of hydrogen-bond acceptors (Lipinski definition) is 1. The molecule has 2 N–H and O–H groups in total. The third-order valence-electron chi connectivity index (χ3n) is 2.40. The topological polar surface area (TPSA) is 26.0 Å². The fraction of sp³-hybridized carbons (Fsp3) is 0.455. The highest BCUT2D eigenvalue weighted by molar-refractivity contribution is 6.31. The molecule has 0 aliphatic rings. The van der Waals surface area contributed by atoms with Crippen LogP contribution in [0.15, 0.2) is 24.3 Å². The summed E-state index contributed by atoms with van der Waals surface area (Å²) < 4.78 is 37.9. The molecular weight excluding hydrogens is 239 g/mol. The van der Waals surface area contributed by atoms with Crippen LogP contribution < -0.4 is 5.73 Å². The molecule has 0 bridgehead atoms. The number of alkyl halides is 3. The van der Waals surface area contributed by atoms with E-state index >= 15 is 0 Å². The number of halogens is 4. The van der Waals surface area contributed by atoms with E-state index in [0.29, 0.717) is 10.6 Å². The second-order valence-electron chi connectivity index (χ2n) is 3.61. The maximum Gasteiger partial charge on any atom is 0.392 e. The molecule has 5 heteroatoms. The van der Waals surface area contributed by atoms with Gasteiger partial charge in [-0.25, -0.2) is 0 Å². The maximum absolute atomic E-state index is 12.6. The predicted molar refractivity (Wildman–Crippen MR) is 58.4 cm³/mol. The summed E-state index contributed by atoms with van der Waals surface area (Å²) in [5.41, 5.74) is 5.70. The average molecular weight is 252 g/mol. The Morgan fingerprint density at radius 2 is 1.88 bits per heavy atom. The Hall–Kier alpha value is -0.740. The molecule has 0 fully saturated rings. The van der Waals surface area contributed by atoms with Crippen molar-refractivity contribution in [3.05, 3.63) is 34.9 Å². The Balaban J connectivity index is 2.80. The van der Waals surface area contributed by atoms with Gasteiger partial charge in [-0.2, -0.15) is 13.2 Å². The van der Waals surface area contributed by atoms with Crippen molar-refractivity contribution in [2.75, 3.05) is 6.54 Å². The van der Waals surface area contributed by atoms with E-state index in [1.165, 1.54) is 0 Å². The van der Waals surface area contributed by atoms with Crippen LogP contribution in [-0.2, 0) is 6.42 Å². The molecule has 0 amide bonds. The largest absolute Gasteiger partial charge is 0.392 e. The summed E-state index contributed by atoms with van der Waals surface area (Å²) in [7, 11) is 0. The lowest BCUT2D eigenvalue weighted by Gasteiger charge is -2.20. The lowest BCUT2D eigenvalue weighted by atomic mass is 9.95. The summed E-state index contributed by atoms with van der Waals surface area (Å²) in [5.74, 6) is -1.42. The lowest BCUT2D eigenvalue weighted by Crippen LogP contribution is -2.27. The third-order valence-corrected chi connectivity index (χ3v) is 2.77. The van der Waals surface area contributed by atoms with Gasteiger partial charge in [0.25, 0.3) is 0 Å². The van der Waals surface area contributed by atoms with Crippen LogP contribution in [0.5, 0.6) is 0 Å². The molecule has 0 aliphatic carbocycles. The molecule has 0 radical (unpaired) electrons. The van der Waals surface area contributed by atoms with Gasteiger partial charge in [0.1, 0.15) is 0 Å². The van der Waals surface area contributed by atoms with Crippen molar-refractivity contribution < 1.29 is 13.2 Å². The highest BCUT2D eigenvalue weighted by Gasteiger charge is 2.38. The molecule has 0 heterocycles. The van der Waals surface area contributed by atoms with E-state index in [-0.39, 0.29) is 19.4 Å². The van der Waals surface area contributed by atoms with Crippen molar-refractivity contribution in [2.24, 2.45) is 11.7 Å². The van der Waals surface area contributed by atoms with Crippen LogP contribution in [0.4, 0.5) is 13.2 Å². The van der Waals surface area contributed by atoms with Crippen molar-refractivity contribution >= 4 is 11.6 Å². The molecule has 1 aromatic rings. The Kier molecular flexibility index (Phi) is 4.62. The van der Waals surface area contributed by atoms with E-state index < -0.39 is 12.1 Å². The van der Waals surface area contributed by atoms with Gasteiger partial charge in [0.05, 0.1) is 5.92 Å². The first-order valence-electron chi connectivity index (χ1n) is 4.95. The first-order valence-corrected chi connectivity index (χ1v) is 5.33. The average Bonchev–Trinajstić information content (AvgIpc) is 2.19. The molecule has 1 atom stereocenters. The van der Waals surface area contributed by atoms with Crippen molar-refractivity contribution in [1.82, 2.24) is 0 Å². The quantitative estimate of drug-likeness (QED) is 0.872. The zero-order chi connectivity index (χ0) is 12.2. The summed E-state index contributed by atoms with van der Waals surface area (Å²) in [6.07, 6.45) is -4.41. The number of hydrogen-bond donors (Lipinski definition) is 1. The van der Waals surface area contributed by atoms with Crippen LogP contribution in [0.3, 0.4) is 0 Å². The SMILES string of the molecule is NCCC(Cc1ccccc1Cl)C(F)(F)F. The number of nitrogens with two attached hydrogens (primary N) is 1. The van der Waals surface area contributed by atoms with Gasteiger partial charge in [-0.05, 0) is 31.0 Å². The highest BCUT2D eigenvalue weighted by Crippen LogP contribution is 2.32. The first-order chi connectivity index (χ1) is 7.45. The molecule has 16 heavy (non-hydrogen) atoms. The smallest absolute Gasteiger partial charge is 0.330 e. The first kappa shape index (κ1) is 13.3. The maximum atomic E-state index is 12.6. The van der Waals surface area contributed by atoms with Crippen LogP contribution in [0.2, 0.25) is 5.02 Å². The van der Waals surface area contributed by atoms with Gasteiger partial charge in [0, 0.05) is 5.02 Å². The molecule has 0 saturated heterocycles. The summed E-state index contributed by atoms with van der Waals surface area (Å²) in [4.78, 5) is 0. The summed E-state index contributed by atoms with van der Waals surface area (Å²) in [6, 6.07) is 6.57. The van der Waals surface area contributed by atoms with Gasteiger partial charge in [0.15, 0.2) is 0 Å². The minimum Gasteiger partial charge on any atom is -0.330 e. The van der Waals surface area contributed by atoms with Gasteiger partial charge in [-0.1, -0.05) is 29.8 Å². The highest BCUT2D eigenvalue weighted by atomic mass is 35.5. The van der Waals surface area contributed by atoms with Crippen molar-refractivity contribution in [2.45, 2.75) is 19.0 Å². The molecule has 90 valence electrons. The molecule has 0 spiro atoms. The monoisotopic (exact) mass is 251 g/mol. The van der Waals surface area contributed by atoms with Crippen molar-refractivity contribution in [1.29, 1.82) is 0 Å². The minimum atomic E-state index is -4.22. The Bertz CT molecular complexity index is 338. The van der Waals surface area contributed by atoms with Gasteiger partial charge >= 0.3 is 6.18 Å². The zero-order valence-electron chi connectivity index (χ0n) is 8.60. The lowest BCUT2D eigenvalue weighted by molar-refractivity contribution is -0.175. The van der Waals surface area contributed by atoms with Gasteiger partial charge < -0.3 is 5.73 Å². The summed E-state index contributed by atoms with van der Waals surface area (Å²) in [6.45, 7) is 0.0224. The van der Waals surface area contributed by atoms with Gasteiger partial charge in [-0.3, -0.25) is 0 Å². The van der Waals surface area contributed by atoms with E-state index in [4.69, 9.17) is 17.3 Å². The van der Waals surface area contributed by atoms with Crippen molar-refractivity contribution in [3.63, 3.8) is 0 Å². The van der Waals surface area contributed by atoms with Crippen LogP contribution in [-0.4, -0.2) is 12.7 Å². The number of rotatable bonds is 4. The summed E-state index contributed by atoms with van der Waals surface area (Å²) >= 11 is 5.82. The second kappa shape index (κ2) is 5.55. The van der Waals surface area contributed by atoms with E-state index in [1.807, 2.05) is 0 Å². The van der Waals surface area contributed by atoms with Gasteiger partial charge in [-0.15, -0.1) is 0 Å². The molecular formula is C11H13ClF3N. The Labute approximate surface area is 97.4 Å². The fourth-order valence-electron chi connectivity index (χ4n) is 1.51. The molecule has 1 nitrogen and oxygen atoms in total. The molecule has 1 aromatic carbocycles. The molecule has 0 aromatic heterocycles. The molecule has 1 unspecified atom stereocenters. The normalized spacial score (nSPS) is 13.8. The van der Waals surface area contributed by atoms with E-state index in [0.717, 1.165) is 0 Å². The van der Waals surface area contributed by atoms with Crippen LogP contribution in [0, 0.1) is 5.92 Å². The Morgan fingerprint density at radius 3 is 2.38 bits per heavy atom. The van der Waals surface area contributed by atoms with Crippen LogP contribution in [0.1, 0.15) is 12.0 Å². The number of benzene rings is 1. The van der Waals surface area contributed by atoms with Crippen LogP contribution >= 0.6 is 11.6 Å². The molecule has 1 rings (SSSR count). The standard InChI is InChI=1S/C11H13ClF3N/c12-10-4-2-1-3-8(10)7-9(5-6-16)11(13,14)15/h1-4,9H,5-7,16H2. The minimum absolute atomic E-state index is 0.0224. The van der Waals surface area contributed by atoms with Crippen LogP contribution in [0.25, 0.3) is 0 Å². The third kappa shape index (κ3) is 3.68.